The van der Waals surface area contributed by atoms with Crippen LogP contribution in [0.4, 0.5) is 0 Å². The molecule has 5 atom stereocenters. The van der Waals surface area contributed by atoms with E-state index in [0.717, 1.165) is 10.8 Å². The molecule has 13 heteroatoms. The number of hydrogen-bond donors (Lipinski definition) is 3. The van der Waals surface area contributed by atoms with Gasteiger partial charge < -0.3 is 20.3 Å². The SMILES string of the molecule is C=C[C@@H]1C[C@]1(NC(=O)[C@H]1C[C@@H](Oc2nccc3ccccc23)CN1C(=O)[C@@H](CC(=O)NC(C)(C)C)C(C)(C)C)C(=O)NS(=O)(=O)C1CC1. The number of fused-ring (bicyclic) bond motifs is 1. The molecule has 0 bridgehead atoms. The third-order valence-corrected chi connectivity index (χ3v) is 11.1. The third-order valence-electron chi connectivity index (χ3n) is 9.26. The van der Waals surface area contributed by atoms with Crippen molar-refractivity contribution in [2.24, 2.45) is 17.3 Å². The van der Waals surface area contributed by atoms with Crippen LogP contribution in [0.2, 0.25) is 0 Å². The number of benzene rings is 1. The number of pyridine rings is 1. The van der Waals surface area contributed by atoms with E-state index in [2.05, 4.69) is 26.9 Å². The monoisotopic (exact) mass is 681 g/mol. The molecule has 3 aliphatic rings. The fourth-order valence-electron chi connectivity index (χ4n) is 6.36. The van der Waals surface area contributed by atoms with E-state index in [0.29, 0.717) is 18.7 Å². The van der Waals surface area contributed by atoms with Crippen LogP contribution in [0, 0.1) is 17.3 Å². The standard InChI is InChI=1S/C35H47N5O7S/c1-8-22-19-35(22,32(44)39-48(45,46)24-13-14-24)38-29(42)27-17-23(47-30-25-12-10-9-11-21(25)15-16-36-30)20-40(27)31(43)26(33(2,3)4)18-28(41)37-34(5,6)7/h8-12,15-16,22-24,26-27H,1,13-14,17-20H2,2-7H3,(H,37,41)(H,38,42)(H,39,44)/t22-,23-,26-,27-,35-/m1/s1. The minimum Gasteiger partial charge on any atom is -0.472 e. The van der Waals surface area contributed by atoms with Gasteiger partial charge in [-0.2, -0.15) is 0 Å². The number of ether oxygens (including phenoxy) is 1. The summed E-state index contributed by atoms with van der Waals surface area (Å²) in [5.41, 5.74) is -2.66. The molecule has 2 heterocycles. The fraction of sp³-hybridized carbons (Fsp3) is 0.571. The molecule has 2 aromatic rings. The largest absolute Gasteiger partial charge is 0.472 e. The molecule has 0 unspecified atom stereocenters. The summed E-state index contributed by atoms with van der Waals surface area (Å²) in [5, 5.41) is 6.81. The Morgan fingerprint density at radius 2 is 1.79 bits per heavy atom. The second-order valence-corrected chi connectivity index (χ2v) is 17.4. The number of rotatable bonds is 11. The van der Waals surface area contributed by atoms with E-state index >= 15 is 0 Å². The normalized spacial score (nSPS) is 24.8. The van der Waals surface area contributed by atoms with Gasteiger partial charge in [-0.3, -0.25) is 23.9 Å². The Hall–Kier alpha value is -4.00. The van der Waals surface area contributed by atoms with Crippen molar-refractivity contribution < 1.29 is 32.3 Å². The average Bonchev–Trinajstić information content (AvgIpc) is 3.91. The van der Waals surface area contributed by atoms with Crippen molar-refractivity contribution in [2.45, 2.75) is 102 Å². The highest BCUT2D eigenvalue weighted by atomic mass is 32.2. The number of nitrogens with zero attached hydrogens (tertiary/aromatic N) is 2. The first-order valence-electron chi connectivity index (χ1n) is 16.5. The molecule has 3 fully saturated rings. The molecule has 3 N–H and O–H groups in total. The summed E-state index contributed by atoms with van der Waals surface area (Å²) < 4.78 is 33.8. The highest BCUT2D eigenvalue weighted by Crippen LogP contribution is 2.46. The summed E-state index contributed by atoms with van der Waals surface area (Å²) >= 11 is 0. The van der Waals surface area contributed by atoms with Gasteiger partial charge in [-0.05, 0) is 63.0 Å². The van der Waals surface area contributed by atoms with E-state index in [-0.39, 0.29) is 31.7 Å². The smallest absolute Gasteiger partial charge is 0.259 e. The van der Waals surface area contributed by atoms with E-state index in [1.165, 1.54) is 11.0 Å². The van der Waals surface area contributed by atoms with Crippen molar-refractivity contribution in [3.63, 3.8) is 0 Å². The van der Waals surface area contributed by atoms with Crippen LogP contribution in [0.3, 0.4) is 0 Å². The topological polar surface area (TPSA) is 164 Å². The average molecular weight is 682 g/mol. The lowest BCUT2D eigenvalue weighted by Gasteiger charge is -2.35. The van der Waals surface area contributed by atoms with E-state index in [9.17, 15) is 27.6 Å². The quantitative estimate of drug-likeness (QED) is 0.305. The van der Waals surface area contributed by atoms with E-state index in [1.54, 1.807) is 6.20 Å². The van der Waals surface area contributed by atoms with Crippen molar-refractivity contribution >= 4 is 44.4 Å². The maximum atomic E-state index is 14.4. The molecule has 4 amide bonds. The zero-order valence-corrected chi connectivity index (χ0v) is 29.4. The molecule has 260 valence electrons. The van der Waals surface area contributed by atoms with Crippen LogP contribution in [0.5, 0.6) is 5.88 Å². The lowest BCUT2D eigenvalue weighted by Crippen LogP contribution is -2.57. The van der Waals surface area contributed by atoms with Gasteiger partial charge in [0.15, 0.2) is 0 Å². The van der Waals surface area contributed by atoms with Gasteiger partial charge in [0.2, 0.25) is 33.6 Å². The minimum absolute atomic E-state index is 0.0371. The lowest BCUT2D eigenvalue weighted by atomic mass is 9.77. The van der Waals surface area contributed by atoms with Gasteiger partial charge >= 0.3 is 0 Å². The van der Waals surface area contributed by atoms with Gasteiger partial charge in [0.1, 0.15) is 17.7 Å². The maximum absolute atomic E-state index is 14.4. The number of aromatic nitrogens is 1. The first-order chi connectivity index (χ1) is 22.3. The lowest BCUT2D eigenvalue weighted by molar-refractivity contribution is -0.147. The number of hydrogen-bond acceptors (Lipinski definition) is 8. The molecule has 1 aromatic heterocycles. The number of amides is 4. The Morgan fingerprint density at radius 1 is 1.10 bits per heavy atom. The van der Waals surface area contributed by atoms with Gasteiger partial charge in [0.25, 0.3) is 5.91 Å². The van der Waals surface area contributed by atoms with Gasteiger partial charge in [-0.15, -0.1) is 6.58 Å². The van der Waals surface area contributed by atoms with Crippen molar-refractivity contribution in [1.29, 1.82) is 0 Å². The summed E-state index contributed by atoms with van der Waals surface area (Å²) in [6.45, 7) is 15.0. The molecule has 1 aromatic carbocycles. The maximum Gasteiger partial charge on any atom is 0.259 e. The first-order valence-corrected chi connectivity index (χ1v) is 18.0. The summed E-state index contributed by atoms with van der Waals surface area (Å²) in [6.07, 6.45) is 3.62. The van der Waals surface area contributed by atoms with Crippen LogP contribution in [0.15, 0.2) is 49.2 Å². The second-order valence-electron chi connectivity index (χ2n) is 15.4. The van der Waals surface area contributed by atoms with Crippen molar-refractivity contribution in [1.82, 2.24) is 25.2 Å². The van der Waals surface area contributed by atoms with Gasteiger partial charge in [-0.1, -0.05) is 45.0 Å². The van der Waals surface area contributed by atoms with Gasteiger partial charge in [0, 0.05) is 35.9 Å². The number of likely N-dealkylation sites (tertiary alicyclic amines) is 1. The van der Waals surface area contributed by atoms with E-state index in [1.807, 2.05) is 71.9 Å². The molecular weight excluding hydrogens is 634 g/mol. The third kappa shape index (κ3) is 7.66. The van der Waals surface area contributed by atoms with Crippen molar-refractivity contribution in [3.05, 3.63) is 49.2 Å². The number of carbonyl (C=O) groups excluding carboxylic acids is 4. The summed E-state index contributed by atoms with van der Waals surface area (Å²) in [6, 6.07) is 8.38. The van der Waals surface area contributed by atoms with E-state index in [4.69, 9.17) is 4.74 Å². The molecule has 5 rings (SSSR count). The Labute approximate surface area is 282 Å². The molecule has 0 radical (unpaired) electrons. The molecule has 1 saturated heterocycles. The predicted molar refractivity (Wildman–Crippen MR) is 181 cm³/mol. The van der Waals surface area contributed by atoms with Crippen LogP contribution < -0.4 is 20.1 Å². The van der Waals surface area contributed by atoms with Crippen LogP contribution in [-0.4, -0.2) is 76.9 Å². The Bertz CT molecular complexity index is 1720. The molecule has 2 aliphatic carbocycles. The zero-order valence-electron chi connectivity index (χ0n) is 28.5. The minimum atomic E-state index is -3.87. The molecule has 12 nitrogen and oxygen atoms in total. The number of nitrogens with one attached hydrogen (secondary N) is 3. The Kier molecular flexibility index (Phi) is 9.41. The van der Waals surface area contributed by atoms with Crippen LogP contribution in [-0.2, 0) is 29.2 Å². The number of carbonyl (C=O) groups is 4. The highest BCUT2D eigenvalue weighted by Gasteiger charge is 2.62. The summed E-state index contributed by atoms with van der Waals surface area (Å²) in [5.74, 6) is -3.03. The number of sulfonamides is 1. The van der Waals surface area contributed by atoms with Gasteiger partial charge in [0.05, 0.1) is 17.7 Å². The van der Waals surface area contributed by atoms with Crippen molar-refractivity contribution in [3.8, 4) is 5.88 Å². The molecule has 2 saturated carbocycles. The predicted octanol–water partition coefficient (Wildman–Crippen LogP) is 3.22. The van der Waals surface area contributed by atoms with E-state index < -0.39 is 73.5 Å². The molecule has 0 spiro atoms. The fourth-order valence-corrected chi connectivity index (χ4v) is 7.72. The van der Waals surface area contributed by atoms with Crippen LogP contribution in [0.25, 0.3) is 10.8 Å². The first kappa shape index (κ1) is 35.3. The highest BCUT2D eigenvalue weighted by molar-refractivity contribution is 7.91. The van der Waals surface area contributed by atoms with Crippen molar-refractivity contribution in [2.75, 3.05) is 6.54 Å². The molecular formula is C35H47N5O7S. The Morgan fingerprint density at radius 3 is 2.40 bits per heavy atom. The zero-order chi connectivity index (χ0) is 35.2. The van der Waals surface area contributed by atoms with Gasteiger partial charge in [-0.25, -0.2) is 13.4 Å². The van der Waals surface area contributed by atoms with Crippen LogP contribution in [0.1, 0.15) is 73.6 Å². The summed E-state index contributed by atoms with van der Waals surface area (Å²) in [4.78, 5) is 61.0. The van der Waals surface area contributed by atoms with Crippen LogP contribution >= 0.6 is 0 Å². The summed E-state index contributed by atoms with van der Waals surface area (Å²) in [7, 11) is -3.87. The molecule has 1 aliphatic heterocycles. The second kappa shape index (κ2) is 12.8. The Balaban J connectivity index is 1.43. The molecule has 48 heavy (non-hydrogen) atoms.